The number of thiocarbonyl (C=S) groups is 1. The zero-order chi connectivity index (χ0) is 18.2. The first-order chi connectivity index (χ1) is 12.7. The molecule has 3 aromatic rings. The number of hydrogen-bond donors (Lipinski definition) is 2. The van der Waals surface area contributed by atoms with Gasteiger partial charge >= 0.3 is 0 Å². The zero-order valence-corrected chi connectivity index (χ0v) is 15.3. The zero-order valence-electron chi connectivity index (χ0n) is 14.5. The molecule has 0 aliphatic heterocycles. The molecule has 0 unspecified atom stereocenters. The molecule has 0 fully saturated rings. The monoisotopic (exact) mass is 360 g/mol. The molecule has 0 atom stereocenters. The van der Waals surface area contributed by atoms with Gasteiger partial charge in [0.25, 0.3) is 0 Å². The molecule has 0 saturated carbocycles. The summed E-state index contributed by atoms with van der Waals surface area (Å²) in [5.41, 5.74) is 6.76. The predicted molar refractivity (Wildman–Crippen MR) is 110 cm³/mol. The van der Waals surface area contributed by atoms with Crippen molar-refractivity contribution in [1.29, 1.82) is 0 Å². The molecule has 5 heteroatoms. The Morgan fingerprint density at radius 2 is 1.46 bits per heavy atom. The first-order valence-electron chi connectivity index (χ1n) is 8.36. The van der Waals surface area contributed by atoms with Crippen molar-refractivity contribution in [2.75, 3.05) is 0 Å². The topological polar surface area (TPSA) is 49.3 Å². The van der Waals surface area contributed by atoms with Crippen LogP contribution in [0.5, 0.6) is 0 Å². The summed E-state index contributed by atoms with van der Waals surface area (Å²) in [5, 5.41) is 8.14. The molecule has 2 aromatic carbocycles. The van der Waals surface area contributed by atoms with E-state index in [9.17, 15) is 0 Å². The molecule has 0 spiro atoms. The summed E-state index contributed by atoms with van der Waals surface area (Å²) in [7, 11) is 0. The third-order valence-electron chi connectivity index (χ3n) is 3.90. The van der Waals surface area contributed by atoms with E-state index in [0.717, 1.165) is 22.5 Å². The van der Waals surface area contributed by atoms with Crippen molar-refractivity contribution in [3.8, 4) is 0 Å². The molecular formula is C21H20N4S. The van der Waals surface area contributed by atoms with Crippen LogP contribution < -0.4 is 10.7 Å². The van der Waals surface area contributed by atoms with Gasteiger partial charge in [-0.15, -0.1) is 0 Å². The predicted octanol–water partition coefficient (Wildman–Crippen LogP) is 4.06. The van der Waals surface area contributed by atoms with Crippen LogP contribution in [0.15, 0.2) is 90.2 Å². The van der Waals surface area contributed by atoms with Crippen LogP contribution in [0.25, 0.3) is 0 Å². The van der Waals surface area contributed by atoms with E-state index < -0.39 is 0 Å². The lowest BCUT2D eigenvalue weighted by Gasteiger charge is -2.21. The van der Waals surface area contributed by atoms with Crippen molar-refractivity contribution in [3.05, 3.63) is 102 Å². The molecule has 0 aliphatic rings. The number of nitrogens with zero attached hydrogens (tertiary/aromatic N) is 2. The Morgan fingerprint density at radius 3 is 2.00 bits per heavy atom. The van der Waals surface area contributed by atoms with Crippen molar-refractivity contribution < 1.29 is 0 Å². The number of hydrogen-bond acceptors (Lipinski definition) is 3. The number of aromatic nitrogens is 1. The summed E-state index contributed by atoms with van der Waals surface area (Å²) in [5.74, 6) is 0. The van der Waals surface area contributed by atoms with Gasteiger partial charge in [-0.05, 0) is 42.4 Å². The Kier molecular flexibility index (Phi) is 6.06. The summed E-state index contributed by atoms with van der Waals surface area (Å²) >= 11 is 5.45. The Labute approximate surface area is 159 Å². The lowest BCUT2D eigenvalue weighted by Crippen LogP contribution is -2.36. The second-order valence-electron chi connectivity index (χ2n) is 5.75. The van der Waals surface area contributed by atoms with Crippen molar-refractivity contribution in [2.24, 2.45) is 5.10 Å². The van der Waals surface area contributed by atoms with E-state index >= 15 is 0 Å². The van der Waals surface area contributed by atoms with Gasteiger partial charge in [0.05, 0.1) is 17.4 Å². The summed E-state index contributed by atoms with van der Waals surface area (Å²) < 4.78 is 0. The van der Waals surface area contributed by atoms with Crippen molar-refractivity contribution >= 4 is 23.0 Å². The maximum Gasteiger partial charge on any atom is 0.187 e. The fourth-order valence-electron chi connectivity index (χ4n) is 2.58. The minimum Gasteiger partial charge on any atom is -0.350 e. The van der Waals surface area contributed by atoms with Crippen LogP contribution in [0.1, 0.15) is 29.8 Å². The minimum absolute atomic E-state index is 0.0530. The molecule has 0 radical (unpaired) electrons. The molecule has 130 valence electrons. The number of hydrazone groups is 1. The number of benzene rings is 2. The average molecular weight is 360 g/mol. The van der Waals surface area contributed by atoms with Gasteiger partial charge < -0.3 is 5.32 Å². The van der Waals surface area contributed by atoms with Crippen molar-refractivity contribution in [2.45, 2.75) is 13.0 Å². The van der Waals surface area contributed by atoms with Crippen LogP contribution in [0.3, 0.4) is 0 Å². The van der Waals surface area contributed by atoms with E-state index in [1.807, 2.05) is 61.5 Å². The van der Waals surface area contributed by atoms with Gasteiger partial charge in [-0.3, -0.25) is 10.4 Å². The van der Waals surface area contributed by atoms with E-state index in [0.29, 0.717) is 5.11 Å². The van der Waals surface area contributed by atoms with Gasteiger partial charge in [0.2, 0.25) is 0 Å². The van der Waals surface area contributed by atoms with Crippen LogP contribution >= 0.6 is 12.2 Å². The van der Waals surface area contributed by atoms with E-state index in [1.165, 1.54) is 0 Å². The van der Waals surface area contributed by atoms with Gasteiger partial charge in [0.15, 0.2) is 5.11 Å². The molecule has 1 aromatic heterocycles. The van der Waals surface area contributed by atoms with E-state index in [4.69, 9.17) is 12.2 Å². The molecule has 0 aliphatic carbocycles. The van der Waals surface area contributed by atoms with Crippen LogP contribution in [0.2, 0.25) is 0 Å². The van der Waals surface area contributed by atoms with Gasteiger partial charge in [-0.2, -0.15) is 5.10 Å². The molecule has 26 heavy (non-hydrogen) atoms. The van der Waals surface area contributed by atoms with Gasteiger partial charge in [-0.25, -0.2) is 0 Å². The lowest BCUT2D eigenvalue weighted by atomic mass is 9.99. The standard InChI is InChI=1S/C21H20N4S/c1-16(19-14-8-9-15-22-19)24-25-21(26)23-20(17-10-4-2-5-11-17)18-12-6-3-7-13-18/h2-15,20H,1H3,(H2,23,25,26)/b24-16-. The van der Waals surface area contributed by atoms with Crippen LogP contribution in [0.4, 0.5) is 0 Å². The first kappa shape index (κ1) is 17.8. The average Bonchev–Trinajstić information content (AvgIpc) is 2.72. The highest BCUT2D eigenvalue weighted by atomic mass is 32.1. The maximum atomic E-state index is 5.45. The second-order valence-corrected chi connectivity index (χ2v) is 6.16. The van der Waals surface area contributed by atoms with Crippen molar-refractivity contribution in [1.82, 2.24) is 15.7 Å². The molecule has 4 nitrogen and oxygen atoms in total. The highest BCUT2D eigenvalue weighted by Crippen LogP contribution is 2.21. The number of rotatable bonds is 5. The summed E-state index contributed by atoms with van der Waals surface area (Å²) in [4.78, 5) is 4.28. The Hall–Kier alpha value is -3.05. The fraction of sp³-hybridized carbons (Fsp3) is 0.0952. The van der Waals surface area contributed by atoms with E-state index in [1.54, 1.807) is 6.20 Å². The smallest absolute Gasteiger partial charge is 0.187 e. The molecule has 0 bridgehead atoms. The summed E-state index contributed by atoms with van der Waals surface area (Å²) in [6, 6.07) is 26.1. The Morgan fingerprint density at radius 1 is 0.885 bits per heavy atom. The van der Waals surface area contributed by atoms with Crippen LogP contribution in [-0.2, 0) is 0 Å². The molecular weight excluding hydrogens is 340 g/mol. The first-order valence-corrected chi connectivity index (χ1v) is 8.77. The largest absolute Gasteiger partial charge is 0.350 e. The fourth-order valence-corrected chi connectivity index (χ4v) is 2.75. The maximum absolute atomic E-state index is 5.45. The third-order valence-corrected chi connectivity index (χ3v) is 4.11. The van der Waals surface area contributed by atoms with Crippen molar-refractivity contribution in [3.63, 3.8) is 0 Å². The normalized spacial score (nSPS) is 11.2. The third kappa shape index (κ3) is 4.74. The van der Waals surface area contributed by atoms with Crippen LogP contribution in [-0.4, -0.2) is 15.8 Å². The van der Waals surface area contributed by atoms with Crippen LogP contribution in [0, 0.1) is 0 Å². The van der Waals surface area contributed by atoms with Gasteiger partial charge in [-0.1, -0.05) is 66.7 Å². The van der Waals surface area contributed by atoms with Gasteiger partial charge in [0.1, 0.15) is 0 Å². The SMILES string of the molecule is C/C(=N/NC(=S)NC(c1ccccc1)c1ccccc1)c1ccccn1. The highest BCUT2D eigenvalue weighted by Gasteiger charge is 2.14. The molecule has 2 N–H and O–H groups in total. The number of pyridine rings is 1. The number of nitrogens with one attached hydrogen (secondary N) is 2. The van der Waals surface area contributed by atoms with E-state index in [2.05, 4.69) is 45.1 Å². The molecule has 1 heterocycles. The van der Waals surface area contributed by atoms with E-state index in [-0.39, 0.29) is 6.04 Å². The second kappa shape index (κ2) is 8.87. The summed E-state index contributed by atoms with van der Waals surface area (Å²) in [6.45, 7) is 1.89. The molecule has 0 amide bonds. The minimum atomic E-state index is -0.0530. The Balaban J connectivity index is 1.74. The lowest BCUT2D eigenvalue weighted by molar-refractivity contribution is 0.745. The molecule has 3 rings (SSSR count). The summed E-state index contributed by atoms with van der Waals surface area (Å²) in [6.07, 6.45) is 1.74. The van der Waals surface area contributed by atoms with Gasteiger partial charge in [0, 0.05) is 6.20 Å². The molecule has 0 saturated heterocycles. The Bertz CT molecular complexity index is 825. The highest BCUT2D eigenvalue weighted by molar-refractivity contribution is 7.80. The quantitative estimate of drug-likeness (QED) is 0.409.